The van der Waals surface area contributed by atoms with Crippen molar-refractivity contribution in [3.8, 4) is 0 Å². The zero-order valence-corrected chi connectivity index (χ0v) is 15.5. The lowest BCUT2D eigenvalue weighted by atomic mass is 10.2. The Morgan fingerprint density at radius 3 is 2.23 bits per heavy atom. The molecule has 0 saturated carbocycles. The number of benzene rings is 1. The highest BCUT2D eigenvalue weighted by Crippen LogP contribution is 2.15. The SMILES string of the molecule is CC(=O)Nc1ccc(NC(=O)c2cc(NCCN(C)C)nc(C)n2)cc1. The van der Waals surface area contributed by atoms with Gasteiger partial charge >= 0.3 is 0 Å². The van der Waals surface area contributed by atoms with Gasteiger partial charge in [-0.3, -0.25) is 9.59 Å². The lowest BCUT2D eigenvalue weighted by molar-refractivity contribution is -0.114. The minimum absolute atomic E-state index is 0.146. The second-order valence-corrected chi connectivity index (χ2v) is 6.13. The molecule has 0 unspecified atom stereocenters. The van der Waals surface area contributed by atoms with Gasteiger partial charge in [0.2, 0.25) is 5.91 Å². The van der Waals surface area contributed by atoms with Gasteiger partial charge in [0.15, 0.2) is 0 Å². The maximum atomic E-state index is 12.5. The van der Waals surface area contributed by atoms with Gasteiger partial charge in [0, 0.05) is 37.5 Å². The molecule has 0 spiro atoms. The van der Waals surface area contributed by atoms with Crippen LogP contribution in [0.2, 0.25) is 0 Å². The number of aromatic nitrogens is 2. The number of nitrogens with one attached hydrogen (secondary N) is 3. The van der Waals surface area contributed by atoms with E-state index in [1.165, 1.54) is 6.92 Å². The van der Waals surface area contributed by atoms with E-state index in [4.69, 9.17) is 0 Å². The third-order valence-corrected chi connectivity index (χ3v) is 3.40. The van der Waals surface area contributed by atoms with Gasteiger partial charge in [-0.15, -0.1) is 0 Å². The topological polar surface area (TPSA) is 99.2 Å². The molecule has 2 aromatic rings. The molecule has 26 heavy (non-hydrogen) atoms. The van der Waals surface area contributed by atoms with Crippen LogP contribution in [0.3, 0.4) is 0 Å². The lowest BCUT2D eigenvalue weighted by Crippen LogP contribution is -2.22. The van der Waals surface area contributed by atoms with Crippen LogP contribution in [0, 0.1) is 6.92 Å². The number of hydrogen-bond acceptors (Lipinski definition) is 6. The monoisotopic (exact) mass is 356 g/mol. The van der Waals surface area contributed by atoms with Crippen LogP contribution in [0.5, 0.6) is 0 Å². The standard InChI is InChI=1S/C18H24N6O2/c1-12-20-16(11-17(21-12)19-9-10-24(3)4)18(26)23-15-7-5-14(6-8-15)22-13(2)25/h5-8,11H,9-10H2,1-4H3,(H,22,25)(H,23,26)(H,19,20,21). The summed E-state index contributed by atoms with van der Waals surface area (Å²) in [5.41, 5.74) is 1.57. The van der Waals surface area contributed by atoms with E-state index < -0.39 is 0 Å². The first-order valence-electron chi connectivity index (χ1n) is 8.27. The van der Waals surface area contributed by atoms with E-state index in [0.717, 1.165) is 13.1 Å². The van der Waals surface area contributed by atoms with Crippen molar-refractivity contribution in [1.29, 1.82) is 0 Å². The van der Waals surface area contributed by atoms with Crippen molar-refractivity contribution in [2.45, 2.75) is 13.8 Å². The highest BCUT2D eigenvalue weighted by Gasteiger charge is 2.11. The quantitative estimate of drug-likeness (QED) is 0.701. The van der Waals surface area contributed by atoms with Gasteiger partial charge in [0.05, 0.1) is 0 Å². The number of hydrogen-bond donors (Lipinski definition) is 3. The number of nitrogens with zero attached hydrogens (tertiary/aromatic N) is 3. The molecule has 0 aliphatic carbocycles. The number of aryl methyl sites for hydroxylation is 1. The molecular formula is C18H24N6O2. The van der Waals surface area contributed by atoms with E-state index in [1.807, 2.05) is 14.1 Å². The summed E-state index contributed by atoms with van der Waals surface area (Å²) < 4.78 is 0. The number of likely N-dealkylation sites (N-methyl/N-ethyl adjacent to an activating group) is 1. The molecule has 8 nitrogen and oxygen atoms in total. The van der Waals surface area contributed by atoms with Gasteiger partial charge < -0.3 is 20.9 Å². The van der Waals surface area contributed by atoms with E-state index in [9.17, 15) is 9.59 Å². The van der Waals surface area contributed by atoms with E-state index in [1.54, 1.807) is 37.3 Å². The average molecular weight is 356 g/mol. The first kappa shape index (κ1) is 19.3. The Morgan fingerprint density at radius 2 is 1.65 bits per heavy atom. The summed E-state index contributed by atoms with van der Waals surface area (Å²) in [6.07, 6.45) is 0. The molecule has 0 aliphatic heterocycles. The van der Waals surface area contributed by atoms with Crippen molar-refractivity contribution < 1.29 is 9.59 Å². The van der Waals surface area contributed by atoms with Crippen LogP contribution in [0.15, 0.2) is 30.3 Å². The molecule has 0 fully saturated rings. The van der Waals surface area contributed by atoms with Gasteiger partial charge in [-0.1, -0.05) is 0 Å². The highest BCUT2D eigenvalue weighted by atomic mass is 16.2. The average Bonchev–Trinajstić information content (AvgIpc) is 2.55. The molecule has 0 aliphatic rings. The zero-order chi connectivity index (χ0) is 19.1. The Balaban J connectivity index is 2.04. The lowest BCUT2D eigenvalue weighted by Gasteiger charge is -2.12. The van der Waals surface area contributed by atoms with Crippen LogP contribution in [0.25, 0.3) is 0 Å². The predicted molar refractivity (Wildman–Crippen MR) is 103 cm³/mol. The summed E-state index contributed by atoms with van der Waals surface area (Å²) in [5, 5.41) is 8.65. The van der Waals surface area contributed by atoms with E-state index in [0.29, 0.717) is 23.0 Å². The molecular weight excluding hydrogens is 332 g/mol. The van der Waals surface area contributed by atoms with Gasteiger partial charge in [-0.05, 0) is 45.3 Å². The summed E-state index contributed by atoms with van der Waals surface area (Å²) in [4.78, 5) is 34.0. The fourth-order valence-corrected chi connectivity index (χ4v) is 2.22. The maximum absolute atomic E-state index is 12.5. The third kappa shape index (κ3) is 6.14. The minimum Gasteiger partial charge on any atom is -0.369 e. The van der Waals surface area contributed by atoms with Crippen LogP contribution in [0.4, 0.5) is 17.2 Å². The van der Waals surface area contributed by atoms with Gasteiger partial charge in [0.1, 0.15) is 17.3 Å². The minimum atomic E-state index is -0.321. The molecule has 2 amide bonds. The van der Waals surface area contributed by atoms with Gasteiger partial charge in [-0.2, -0.15) is 0 Å². The molecule has 0 saturated heterocycles. The number of rotatable bonds is 7. The largest absolute Gasteiger partial charge is 0.369 e. The van der Waals surface area contributed by atoms with Crippen LogP contribution < -0.4 is 16.0 Å². The zero-order valence-electron chi connectivity index (χ0n) is 15.5. The molecule has 0 atom stereocenters. The number of anilines is 3. The maximum Gasteiger partial charge on any atom is 0.274 e. The molecule has 2 rings (SSSR count). The van der Waals surface area contributed by atoms with E-state index in [2.05, 4.69) is 30.8 Å². The van der Waals surface area contributed by atoms with Crippen molar-refractivity contribution in [3.05, 3.63) is 41.9 Å². The van der Waals surface area contributed by atoms with Crippen LogP contribution >= 0.6 is 0 Å². The smallest absolute Gasteiger partial charge is 0.274 e. The molecule has 1 aromatic carbocycles. The fraction of sp³-hybridized carbons (Fsp3) is 0.333. The molecule has 138 valence electrons. The summed E-state index contributed by atoms with van der Waals surface area (Å²) in [6, 6.07) is 8.50. The Morgan fingerprint density at radius 1 is 1.04 bits per heavy atom. The molecule has 1 heterocycles. The van der Waals surface area contributed by atoms with Crippen molar-refractivity contribution in [2.24, 2.45) is 0 Å². The first-order valence-corrected chi connectivity index (χ1v) is 8.27. The second kappa shape index (κ2) is 8.91. The Bertz CT molecular complexity index is 774. The summed E-state index contributed by atoms with van der Waals surface area (Å²) in [6.45, 7) is 4.76. The Hall–Kier alpha value is -3.00. The first-order chi connectivity index (χ1) is 12.3. The van der Waals surface area contributed by atoms with E-state index >= 15 is 0 Å². The fourth-order valence-electron chi connectivity index (χ4n) is 2.22. The van der Waals surface area contributed by atoms with Gasteiger partial charge in [-0.25, -0.2) is 9.97 Å². The van der Waals surface area contributed by atoms with Crippen molar-refractivity contribution in [1.82, 2.24) is 14.9 Å². The summed E-state index contributed by atoms with van der Waals surface area (Å²) in [7, 11) is 3.98. The van der Waals surface area contributed by atoms with E-state index in [-0.39, 0.29) is 17.5 Å². The van der Waals surface area contributed by atoms with Crippen LogP contribution in [-0.4, -0.2) is 53.9 Å². The summed E-state index contributed by atoms with van der Waals surface area (Å²) >= 11 is 0. The van der Waals surface area contributed by atoms with Crippen molar-refractivity contribution in [2.75, 3.05) is 43.1 Å². The Labute approximate surface area is 153 Å². The summed E-state index contributed by atoms with van der Waals surface area (Å²) in [5.74, 6) is 0.669. The molecule has 0 bridgehead atoms. The number of amides is 2. The molecule has 3 N–H and O–H groups in total. The van der Waals surface area contributed by atoms with Crippen LogP contribution in [0.1, 0.15) is 23.2 Å². The third-order valence-electron chi connectivity index (χ3n) is 3.40. The van der Waals surface area contributed by atoms with Crippen molar-refractivity contribution >= 4 is 29.0 Å². The number of carbonyl (C=O) groups is 2. The number of carbonyl (C=O) groups excluding carboxylic acids is 2. The molecule has 8 heteroatoms. The molecule has 0 radical (unpaired) electrons. The highest BCUT2D eigenvalue weighted by molar-refractivity contribution is 6.03. The van der Waals surface area contributed by atoms with Crippen LogP contribution in [-0.2, 0) is 4.79 Å². The Kier molecular flexibility index (Phi) is 6.62. The normalized spacial score (nSPS) is 10.5. The molecule has 1 aromatic heterocycles. The predicted octanol–water partition coefficient (Wildman–Crippen LogP) is 1.97. The van der Waals surface area contributed by atoms with Gasteiger partial charge in [0.25, 0.3) is 5.91 Å². The van der Waals surface area contributed by atoms with Crippen molar-refractivity contribution in [3.63, 3.8) is 0 Å². The second-order valence-electron chi connectivity index (χ2n) is 6.13.